The van der Waals surface area contributed by atoms with E-state index in [1.165, 1.54) is 11.3 Å². The lowest BCUT2D eigenvalue weighted by molar-refractivity contribution is 0.0849. The molecule has 0 atom stereocenters. The minimum atomic E-state index is -0.456. The Bertz CT molecular complexity index is 1210. The van der Waals surface area contributed by atoms with Crippen molar-refractivity contribution < 1.29 is 14.0 Å². The van der Waals surface area contributed by atoms with E-state index >= 15 is 0 Å². The van der Waals surface area contributed by atoms with Gasteiger partial charge in [0.15, 0.2) is 0 Å². The van der Waals surface area contributed by atoms with Crippen molar-refractivity contribution in [1.82, 2.24) is 10.9 Å². The number of hydrogen-bond acceptors (Lipinski definition) is 5. The number of rotatable bonds is 3. The molecule has 2 N–H and O–H groups in total. The highest BCUT2D eigenvalue weighted by Gasteiger charge is 2.11. The molecule has 0 saturated carbocycles. The minimum Gasteiger partial charge on any atom is -0.422 e. The van der Waals surface area contributed by atoms with Crippen molar-refractivity contribution in [3.63, 3.8) is 0 Å². The first-order valence-electron chi connectivity index (χ1n) is 8.39. The van der Waals surface area contributed by atoms with Crippen LogP contribution in [0.4, 0.5) is 0 Å². The SMILES string of the molecule is O=C(NNC(=O)c1cccs1)c1ccc(-c2cc3ccccc3oc2=O)cc1. The van der Waals surface area contributed by atoms with Crippen molar-refractivity contribution >= 4 is 34.1 Å². The zero-order chi connectivity index (χ0) is 19.5. The average molecular weight is 390 g/mol. The monoisotopic (exact) mass is 390 g/mol. The summed E-state index contributed by atoms with van der Waals surface area (Å²) in [5.74, 6) is -0.837. The molecule has 28 heavy (non-hydrogen) atoms. The molecular formula is C21H14N2O4S. The Hall–Kier alpha value is -3.71. The van der Waals surface area contributed by atoms with Crippen molar-refractivity contribution in [2.75, 3.05) is 0 Å². The third kappa shape index (κ3) is 3.56. The van der Waals surface area contributed by atoms with Gasteiger partial charge in [0.2, 0.25) is 0 Å². The van der Waals surface area contributed by atoms with Gasteiger partial charge in [-0.25, -0.2) is 4.79 Å². The van der Waals surface area contributed by atoms with Gasteiger partial charge < -0.3 is 4.42 Å². The largest absolute Gasteiger partial charge is 0.422 e. The molecule has 0 radical (unpaired) electrons. The second-order valence-corrected chi connectivity index (χ2v) is 6.90. The maximum Gasteiger partial charge on any atom is 0.344 e. The lowest BCUT2D eigenvalue weighted by Gasteiger charge is -2.07. The Kier molecular flexibility index (Phi) is 4.74. The molecule has 0 fully saturated rings. The summed E-state index contributed by atoms with van der Waals surface area (Å²) < 4.78 is 5.34. The highest BCUT2D eigenvalue weighted by Crippen LogP contribution is 2.21. The second kappa shape index (κ2) is 7.50. The standard InChI is InChI=1S/C21H14N2O4S/c24-19(22-23-20(25)18-6-3-11-28-18)14-9-7-13(8-10-14)16-12-15-4-1-2-5-17(15)27-21(16)26/h1-12H,(H,22,24)(H,23,25). The summed E-state index contributed by atoms with van der Waals surface area (Å²) in [6.45, 7) is 0. The third-order valence-corrected chi connectivity index (χ3v) is 5.00. The minimum absolute atomic E-state index is 0.348. The summed E-state index contributed by atoms with van der Waals surface area (Å²) in [5.41, 5.74) is 6.21. The number of carbonyl (C=O) groups is 2. The maximum atomic E-state index is 12.2. The molecule has 0 bridgehead atoms. The predicted octanol–water partition coefficient (Wildman–Crippen LogP) is 3.60. The van der Waals surface area contributed by atoms with E-state index in [0.717, 1.165) is 5.39 Å². The zero-order valence-electron chi connectivity index (χ0n) is 14.5. The van der Waals surface area contributed by atoms with E-state index in [4.69, 9.17) is 4.42 Å². The lowest BCUT2D eigenvalue weighted by Crippen LogP contribution is -2.41. The molecule has 0 aliphatic carbocycles. The van der Waals surface area contributed by atoms with Gasteiger partial charge in [0.25, 0.3) is 11.8 Å². The zero-order valence-corrected chi connectivity index (χ0v) is 15.3. The van der Waals surface area contributed by atoms with Crippen LogP contribution in [0.5, 0.6) is 0 Å². The first kappa shape index (κ1) is 17.7. The van der Waals surface area contributed by atoms with Crippen LogP contribution >= 0.6 is 11.3 Å². The summed E-state index contributed by atoms with van der Waals surface area (Å²) >= 11 is 1.28. The van der Waals surface area contributed by atoms with E-state index in [9.17, 15) is 14.4 Å². The molecule has 2 aromatic carbocycles. The fourth-order valence-electron chi connectivity index (χ4n) is 2.72. The van der Waals surface area contributed by atoms with Crippen LogP contribution in [0.2, 0.25) is 0 Å². The molecule has 0 unspecified atom stereocenters. The van der Waals surface area contributed by atoms with Gasteiger partial charge in [0, 0.05) is 10.9 Å². The maximum absolute atomic E-state index is 12.2. The summed E-state index contributed by atoms with van der Waals surface area (Å²) in [5, 5.41) is 2.59. The van der Waals surface area contributed by atoms with Gasteiger partial charge in [-0.3, -0.25) is 20.4 Å². The molecule has 7 heteroatoms. The van der Waals surface area contributed by atoms with E-state index in [2.05, 4.69) is 10.9 Å². The van der Waals surface area contributed by atoms with Crippen LogP contribution in [0.15, 0.2) is 81.3 Å². The topological polar surface area (TPSA) is 88.4 Å². The molecule has 4 aromatic rings. The van der Waals surface area contributed by atoms with Gasteiger partial charge in [0.05, 0.1) is 10.4 Å². The molecule has 6 nitrogen and oxygen atoms in total. The number of amides is 2. The van der Waals surface area contributed by atoms with E-state index in [1.54, 1.807) is 60.0 Å². The number of para-hydroxylation sites is 1. The summed E-state index contributed by atoms with van der Waals surface area (Å²) in [6.07, 6.45) is 0. The average Bonchev–Trinajstić information content (AvgIpc) is 3.26. The van der Waals surface area contributed by atoms with E-state index in [-0.39, 0.29) is 5.91 Å². The molecule has 2 heterocycles. The van der Waals surface area contributed by atoms with Crippen molar-refractivity contribution in [2.45, 2.75) is 0 Å². The number of hydrogen-bond donors (Lipinski definition) is 2. The molecule has 0 saturated heterocycles. The Balaban J connectivity index is 1.51. The number of hydrazine groups is 1. The van der Waals surface area contributed by atoms with Crippen LogP contribution < -0.4 is 16.5 Å². The Morgan fingerprint density at radius 2 is 1.61 bits per heavy atom. The first-order chi connectivity index (χ1) is 13.6. The second-order valence-electron chi connectivity index (χ2n) is 5.95. The van der Waals surface area contributed by atoms with Crippen LogP contribution in [-0.2, 0) is 0 Å². The quantitative estimate of drug-likeness (QED) is 0.413. The van der Waals surface area contributed by atoms with Gasteiger partial charge in [-0.1, -0.05) is 36.4 Å². The van der Waals surface area contributed by atoms with Gasteiger partial charge >= 0.3 is 5.63 Å². The smallest absolute Gasteiger partial charge is 0.344 e. The van der Waals surface area contributed by atoms with E-state index in [0.29, 0.717) is 27.2 Å². The molecule has 4 rings (SSSR count). The summed E-state index contributed by atoms with van der Waals surface area (Å²) in [6, 6.07) is 18.9. The predicted molar refractivity (Wildman–Crippen MR) is 107 cm³/mol. The van der Waals surface area contributed by atoms with Crippen molar-refractivity contribution in [1.29, 1.82) is 0 Å². The van der Waals surface area contributed by atoms with Crippen LogP contribution in [0.25, 0.3) is 22.1 Å². The van der Waals surface area contributed by atoms with Crippen LogP contribution in [0.1, 0.15) is 20.0 Å². The first-order valence-corrected chi connectivity index (χ1v) is 9.27. The molecule has 0 spiro atoms. The van der Waals surface area contributed by atoms with Crippen LogP contribution in [-0.4, -0.2) is 11.8 Å². The molecule has 138 valence electrons. The molecule has 2 amide bonds. The molecule has 2 aromatic heterocycles. The molecule has 0 aliphatic heterocycles. The van der Waals surface area contributed by atoms with E-state index in [1.807, 2.05) is 12.1 Å². The normalized spacial score (nSPS) is 10.6. The molecule has 0 aliphatic rings. The summed E-state index contributed by atoms with van der Waals surface area (Å²) in [7, 11) is 0. The Morgan fingerprint density at radius 1 is 0.857 bits per heavy atom. The number of benzene rings is 2. The number of thiophene rings is 1. The number of fused-ring (bicyclic) bond motifs is 1. The summed E-state index contributed by atoms with van der Waals surface area (Å²) in [4.78, 5) is 36.8. The fraction of sp³-hybridized carbons (Fsp3) is 0. The van der Waals surface area contributed by atoms with E-state index < -0.39 is 11.5 Å². The van der Waals surface area contributed by atoms with Gasteiger partial charge in [-0.05, 0) is 41.3 Å². The molecular weight excluding hydrogens is 376 g/mol. The van der Waals surface area contributed by atoms with Crippen molar-refractivity contribution in [3.05, 3.63) is 93.0 Å². The van der Waals surface area contributed by atoms with Gasteiger partial charge in [-0.2, -0.15) is 0 Å². The van der Waals surface area contributed by atoms with Crippen LogP contribution in [0.3, 0.4) is 0 Å². The van der Waals surface area contributed by atoms with Gasteiger partial charge in [-0.15, -0.1) is 11.3 Å². The fourth-order valence-corrected chi connectivity index (χ4v) is 3.34. The van der Waals surface area contributed by atoms with Crippen LogP contribution in [0, 0.1) is 0 Å². The lowest BCUT2D eigenvalue weighted by atomic mass is 10.0. The highest BCUT2D eigenvalue weighted by atomic mass is 32.1. The van der Waals surface area contributed by atoms with Crippen molar-refractivity contribution in [2.24, 2.45) is 0 Å². The Morgan fingerprint density at radius 3 is 2.36 bits per heavy atom. The number of nitrogens with one attached hydrogen (secondary N) is 2. The third-order valence-electron chi connectivity index (χ3n) is 4.13. The number of carbonyl (C=O) groups excluding carboxylic acids is 2. The van der Waals surface area contributed by atoms with Gasteiger partial charge in [0.1, 0.15) is 5.58 Å². The van der Waals surface area contributed by atoms with Crippen molar-refractivity contribution in [3.8, 4) is 11.1 Å². The highest BCUT2D eigenvalue weighted by molar-refractivity contribution is 7.12. The Labute approximate surface area is 163 Å².